The van der Waals surface area contributed by atoms with Gasteiger partial charge in [0.05, 0.1) is 34.1 Å². The van der Waals surface area contributed by atoms with Crippen LogP contribution < -0.4 is 5.32 Å². The summed E-state index contributed by atoms with van der Waals surface area (Å²) in [5.74, 6) is -11.0. The molecule has 0 saturated heterocycles. The Labute approximate surface area is 177 Å². The van der Waals surface area contributed by atoms with Gasteiger partial charge < -0.3 is 5.32 Å². The van der Waals surface area contributed by atoms with Crippen LogP contribution in [0.3, 0.4) is 0 Å². The Balaban J connectivity index is 1.92. The number of carbonyl (C=O) groups is 1. The van der Waals surface area contributed by atoms with E-state index in [4.69, 9.17) is 0 Å². The molecule has 0 fully saturated rings. The van der Waals surface area contributed by atoms with Crippen molar-refractivity contribution < 1.29 is 31.7 Å². The standard InChI is InChI=1S/C20H15F5N4O3/c1-8-6-11(4-5-13(8)29(31)32)20(30)26-19-9(2)27-28(10(19)3)7-12-14(21)16(23)18(25)17(24)15(12)22/h4-6H,7H2,1-3H3,(H,26,30). The summed E-state index contributed by atoms with van der Waals surface area (Å²) in [7, 11) is 0. The van der Waals surface area contributed by atoms with E-state index in [2.05, 4.69) is 10.4 Å². The number of aromatic nitrogens is 2. The van der Waals surface area contributed by atoms with Crippen molar-refractivity contribution in [3.05, 3.63) is 85.5 Å². The van der Waals surface area contributed by atoms with Gasteiger partial charge in [-0.15, -0.1) is 0 Å². The van der Waals surface area contributed by atoms with Crippen LogP contribution in [0.1, 0.15) is 32.9 Å². The van der Waals surface area contributed by atoms with E-state index in [0.717, 1.165) is 4.68 Å². The molecule has 0 unspecified atom stereocenters. The van der Waals surface area contributed by atoms with Crippen LogP contribution >= 0.6 is 0 Å². The molecule has 1 aromatic heterocycles. The molecular formula is C20H15F5N4O3. The van der Waals surface area contributed by atoms with Gasteiger partial charge in [-0.2, -0.15) is 5.10 Å². The van der Waals surface area contributed by atoms with Crippen LogP contribution in [0.5, 0.6) is 0 Å². The van der Waals surface area contributed by atoms with Crippen LogP contribution in [-0.2, 0) is 6.54 Å². The molecular weight excluding hydrogens is 439 g/mol. The minimum Gasteiger partial charge on any atom is -0.319 e. The Morgan fingerprint density at radius 2 is 1.59 bits per heavy atom. The highest BCUT2D eigenvalue weighted by Gasteiger charge is 2.27. The second-order valence-corrected chi connectivity index (χ2v) is 6.96. The van der Waals surface area contributed by atoms with E-state index >= 15 is 0 Å². The molecule has 168 valence electrons. The molecule has 0 aliphatic rings. The van der Waals surface area contributed by atoms with Crippen molar-refractivity contribution in [2.24, 2.45) is 0 Å². The number of hydrogen-bond acceptors (Lipinski definition) is 4. The molecule has 3 aromatic rings. The summed E-state index contributed by atoms with van der Waals surface area (Å²) in [5.41, 5.74) is -0.287. The summed E-state index contributed by atoms with van der Waals surface area (Å²) in [6.45, 7) is 3.60. The first kappa shape index (κ1) is 22.8. The predicted octanol–water partition coefficient (Wildman–Crippen LogP) is 4.71. The van der Waals surface area contributed by atoms with E-state index in [-0.39, 0.29) is 33.9 Å². The van der Waals surface area contributed by atoms with Crippen molar-refractivity contribution in [1.29, 1.82) is 0 Å². The Hall–Kier alpha value is -3.83. The lowest BCUT2D eigenvalue weighted by Gasteiger charge is -2.10. The van der Waals surface area contributed by atoms with Gasteiger partial charge in [0.25, 0.3) is 11.6 Å². The topological polar surface area (TPSA) is 90.1 Å². The molecule has 0 saturated carbocycles. The first-order chi connectivity index (χ1) is 14.9. The number of carbonyl (C=O) groups excluding carboxylic acids is 1. The number of nitrogens with one attached hydrogen (secondary N) is 1. The lowest BCUT2D eigenvalue weighted by molar-refractivity contribution is -0.385. The van der Waals surface area contributed by atoms with Gasteiger partial charge in [0.2, 0.25) is 5.82 Å². The fraction of sp³-hybridized carbons (Fsp3) is 0.200. The van der Waals surface area contributed by atoms with Crippen LogP contribution in [-0.4, -0.2) is 20.6 Å². The number of nitro benzene ring substituents is 1. The molecule has 0 spiro atoms. The van der Waals surface area contributed by atoms with Gasteiger partial charge in [0.1, 0.15) is 0 Å². The summed E-state index contributed by atoms with van der Waals surface area (Å²) in [6, 6.07) is 3.75. The monoisotopic (exact) mass is 454 g/mol. The fourth-order valence-corrected chi connectivity index (χ4v) is 3.16. The van der Waals surface area contributed by atoms with Crippen LogP contribution in [0.4, 0.5) is 33.3 Å². The third kappa shape index (κ3) is 3.90. The molecule has 0 aliphatic carbocycles. The van der Waals surface area contributed by atoms with Crippen molar-refractivity contribution >= 4 is 17.3 Å². The number of hydrogen-bond donors (Lipinski definition) is 1. The SMILES string of the molecule is Cc1cc(C(=O)Nc2c(C)nn(Cc3c(F)c(F)c(F)c(F)c3F)c2C)ccc1[N+](=O)[O-]. The van der Waals surface area contributed by atoms with E-state index in [1.807, 2.05) is 0 Å². The number of nitro groups is 1. The maximum absolute atomic E-state index is 14.0. The molecule has 1 N–H and O–H groups in total. The summed E-state index contributed by atoms with van der Waals surface area (Å²) in [4.78, 5) is 22.9. The summed E-state index contributed by atoms with van der Waals surface area (Å²) < 4.78 is 69.2. The highest BCUT2D eigenvalue weighted by Crippen LogP contribution is 2.27. The molecule has 7 nitrogen and oxygen atoms in total. The second kappa shape index (κ2) is 8.36. The van der Waals surface area contributed by atoms with Crippen molar-refractivity contribution in [3.63, 3.8) is 0 Å². The van der Waals surface area contributed by atoms with Gasteiger partial charge >= 0.3 is 0 Å². The van der Waals surface area contributed by atoms with Gasteiger partial charge in [-0.05, 0) is 32.9 Å². The van der Waals surface area contributed by atoms with Gasteiger partial charge in [-0.25, -0.2) is 22.0 Å². The number of rotatable bonds is 5. The molecule has 3 rings (SSSR count). The molecule has 1 heterocycles. The number of aryl methyl sites for hydroxylation is 2. The van der Waals surface area contributed by atoms with Gasteiger partial charge in [-0.3, -0.25) is 19.6 Å². The number of amides is 1. The van der Waals surface area contributed by atoms with Crippen molar-refractivity contribution in [2.45, 2.75) is 27.3 Å². The van der Waals surface area contributed by atoms with E-state index in [1.54, 1.807) is 0 Å². The Morgan fingerprint density at radius 3 is 2.12 bits per heavy atom. The fourth-order valence-electron chi connectivity index (χ4n) is 3.16. The minimum atomic E-state index is -2.26. The molecule has 0 bridgehead atoms. The Kier molecular flexibility index (Phi) is 5.97. The number of nitrogens with zero attached hydrogens (tertiary/aromatic N) is 3. The quantitative estimate of drug-likeness (QED) is 0.199. The van der Waals surface area contributed by atoms with Gasteiger partial charge in [0, 0.05) is 17.2 Å². The second-order valence-electron chi connectivity index (χ2n) is 6.96. The smallest absolute Gasteiger partial charge is 0.272 e. The third-order valence-electron chi connectivity index (χ3n) is 4.88. The highest BCUT2D eigenvalue weighted by atomic mass is 19.2. The van der Waals surface area contributed by atoms with Crippen LogP contribution in [0.15, 0.2) is 18.2 Å². The average molecular weight is 454 g/mol. The lowest BCUT2D eigenvalue weighted by atomic mass is 10.1. The predicted molar refractivity (Wildman–Crippen MR) is 103 cm³/mol. The van der Waals surface area contributed by atoms with Crippen molar-refractivity contribution in [3.8, 4) is 0 Å². The van der Waals surface area contributed by atoms with Crippen LogP contribution in [0.2, 0.25) is 0 Å². The average Bonchev–Trinajstić information content (AvgIpc) is 3.00. The van der Waals surface area contributed by atoms with Crippen LogP contribution in [0, 0.1) is 60.0 Å². The number of halogens is 5. The number of anilines is 1. The molecule has 2 aromatic carbocycles. The summed E-state index contributed by atoms with van der Waals surface area (Å²) in [6.07, 6.45) is 0. The zero-order valence-electron chi connectivity index (χ0n) is 16.9. The minimum absolute atomic E-state index is 0.111. The van der Waals surface area contributed by atoms with E-state index in [1.165, 1.54) is 39.0 Å². The summed E-state index contributed by atoms with van der Waals surface area (Å²) >= 11 is 0. The largest absolute Gasteiger partial charge is 0.319 e. The van der Waals surface area contributed by atoms with E-state index < -0.39 is 52.0 Å². The van der Waals surface area contributed by atoms with Crippen LogP contribution in [0.25, 0.3) is 0 Å². The molecule has 0 aliphatic heterocycles. The van der Waals surface area contributed by atoms with E-state index in [9.17, 15) is 36.9 Å². The first-order valence-electron chi connectivity index (χ1n) is 9.04. The Bertz CT molecular complexity index is 1240. The maximum Gasteiger partial charge on any atom is 0.272 e. The highest BCUT2D eigenvalue weighted by molar-refractivity contribution is 6.05. The zero-order valence-corrected chi connectivity index (χ0v) is 16.9. The van der Waals surface area contributed by atoms with Crippen molar-refractivity contribution in [2.75, 3.05) is 5.32 Å². The first-order valence-corrected chi connectivity index (χ1v) is 9.04. The van der Waals surface area contributed by atoms with Crippen molar-refractivity contribution in [1.82, 2.24) is 9.78 Å². The maximum atomic E-state index is 14.0. The van der Waals surface area contributed by atoms with E-state index in [0.29, 0.717) is 0 Å². The van der Waals surface area contributed by atoms with Gasteiger partial charge in [-0.1, -0.05) is 0 Å². The molecule has 1 amide bonds. The molecule has 0 atom stereocenters. The third-order valence-corrected chi connectivity index (χ3v) is 4.88. The summed E-state index contributed by atoms with van der Waals surface area (Å²) in [5, 5.41) is 17.5. The lowest BCUT2D eigenvalue weighted by Crippen LogP contribution is -2.15. The molecule has 32 heavy (non-hydrogen) atoms. The van der Waals surface area contributed by atoms with Gasteiger partial charge in [0.15, 0.2) is 23.3 Å². The normalized spacial score (nSPS) is 11.0. The zero-order chi connectivity index (χ0) is 23.9. The molecule has 12 heteroatoms. The Morgan fingerprint density at radius 1 is 1.03 bits per heavy atom. The number of benzene rings is 2. The molecule has 0 radical (unpaired) electrons.